The minimum atomic E-state index is -4.04. The lowest BCUT2D eigenvalue weighted by molar-refractivity contribution is 0.232. The maximum Gasteiger partial charge on any atom is 0.243 e. The number of piperidine rings is 1. The maximum atomic E-state index is 13.6. The molecule has 0 aliphatic carbocycles. The zero-order chi connectivity index (χ0) is 14.8. The van der Waals surface area contributed by atoms with Crippen LogP contribution in [0.5, 0.6) is 0 Å². The van der Waals surface area contributed by atoms with Gasteiger partial charge in [0.2, 0.25) is 10.0 Å². The number of sulfonamides is 1. The van der Waals surface area contributed by atoms with Crippen LogP contribution in [0.4, 0.5) is 8.78 Å². The van der Waals surface area contributed by atoms with Crippen LogP contribution in [0.25, 0.3) is 0 Å². The SMILES string of the molecule is CC1(CNS(=O)(=O)c2cccc(F)c2F)CCNCC1.Cl. The van der Waals surface area contributed by atoms with E-state index in [0.29, 0.717) is 0 Å². The molecule has 0 saturated carbocycles. The Bertz CT molecular complexity index is 590. The lowest BCUT2D eigenvalue weighted by Gasteiger charge is -2.34. The predicted octanol–water partition coefficient (Wildman–Crippen LogP) is 2.05. The molecule has 8 heteroatoms. The molecule has 1 aromatic carbocycles. The van der Waals surface area contributed by atoms with Gasteiger partial charge in [-0.3, -0.25) is 0 Å². The van der Waals surface area contributed by atoms with Crippen LogP contribution in [-0.2, 0) is 10.0 Å². The van der Waals surface area contributed by atoms with Crippen molar-refractivity contribution in [2.24, 2.45) is 5.41 Å². The van der Waals surface area contributed by atoms with Crippen LogP contribution in [0.15, 0.2) is 23.1 Å². The molecular weight excluding hydrogens is 322 g/mol. The summed E-state index contributed by atoms with van der Waals surface area (Å²) < 4.78 is 53.2. The van der Waals surface area contributed by atoms with E-state index in [1.54, 1.807) is 0 Å². The molecule has 0 unspecified atom stereocenters. The number of rotatable bonds is 4. The fourth-order valence-electron chi connectivity index (χ4n) is 2.25. The van der Waals surface area contributed by atoms with Crippen LogP contribution in [0.3, 0.4) is 0 Å². The monoisotopic (exact) mass is 340 g/mol. The van der Waals surface area contributed by atoms with Crippen molar-refractivity contribution in [2.75, 3.05) is 19.6 Å². The van der Waals surface area contributed by atoms with Crippen LogP contribution in [0, 0.1) is 17.0 Å². The Kier molecular flexibility index (Phi) is 6.10. The molecule has 4 nitrogen and oxygen atoms in total. The summed E-state index contributed by atoms with van der Waals surface area (Å²) >= 11 is 0. The molecule has 120 valence electrons. The van der Waals surface area contributed by atoms with Crippen LogP contribution >= 0.6 is 12.4 Å². The maximum absolute atomic E-state index is 13.6. The summed E-state index contributed by atoms with van der Waals surface area (Å²) in [6.45, 7) is 3.85. The first-order valence-corrected chi connectivity index (χ1v) is 7.97. The summed E-state index contributed by atoms with van der Waals surface area (Å²) in [6.07, 6.45) is 1.67. The quantitative estimate of drug-likeness (QED) is 0.882. The van der Waals surface area contributed by atoms with Gasteiger partial charge in [0.05, 0.1) is 0 Å². The van der Waals surface area contributed by atoms with Gasteiger partial charge < -0.3 is 5.32 Å². The topological polar surface area (TPSA) is 58.2 Å². The van der Waals surface area contributed by atoms with Crippen molar-refractivity contribution < 1.29 is 17.2 Å². The number of hydrogen-bond donors (Lipinski definition) is 2. The van der Waals surface area contributed by atoms with E-state index in [4.69, 9.17) is 0 Å². The van der Waals surface area contributed by atoms with E-state index < -0.39 is 26.6 Å². The zero-order valence-electron chi connectivity index (χ0n) is 11.7. The van der Waals surface area contributed by atoms with Gasteiger partial charge in [0.15, 0.2) is 11.6 Å². The van der Waals surface area contributed by atoms with Crippen LogP contribution in [0.2, 0.25) is 0 Å². The fraction of sp³-hybridized carbons (Fsp3) is 0.538. The average molecular weight is 341 g/mol. The van der Waals surface area contributed by atoms with E-state index in [9.17, 15) is 17.2 Å². The van der Waals surface area contributed by atoms with Gasteiger partial charge in [0.1, 0.15) is 4.90 Å². The zero-order valence-corrected chi connectivity index (χ0v) is 13.3. The normalized spacial score (nSPS) is 18.0. The first kappa shape index (κ1) is 18.3. The van der Waals surface area contributed by atoms with E-state index in [-0.39, 0.29) is 24.4 Å². The van der Waals surface area contributed by atoms with Gasteiger partial charge in [-0.25, -0.2) is 21.9 Å². The Morgan fingerprint density at radius 1 is 1.29 bits per heavy atom. The van der Waals surface area contributed by atoms with E-state index in [1.165, 1.54) is 6.07 Å². The Morgan fingerprint density at radius 2 is 1.90 bits per heavy atom. The molecule has 1 fully saturated rings. The number of benzene rings is 1. The average Bonchev–Trinajstić information content (AvgIpc) is 2.41. The highest BCUT2D eigenvalue weighted by Gasteiger charge is 2.30. The van der Waals surface area contributed by atoms with E-state index >= 15 is 0 Å². The summed E-state index contributed by atoms with van der Waals surface area (Å²) in [6, 6.07) is 3.13. The van der Waals surface area contributed by atoms with Crippen molar-refractivity contribution in [3.05, 3.63) is 29.8 Å². The standard InChI is InChI=1S/C13H18F2N2O2S.ClH/c1-13(5-7-16-8-6-13)9-17-20(18,19)11-4-2-3-10(14)12(11)15;/h2-4,16-17H,5-9H2,1H3;1H. The highest BCUT2D eigenvalue weighted by molar-refractivity contribution is 7.89. The third-order valence-electron chi connectivity index (χ3n) is 3.71. The molecule has 1 heterocycles. The summed E-state index contributed by atoms with van der Waals surface area (Å²) in [4.78, 5) is -0.643. The van der Waals surface area contributed by atoms with E-state index in [0.717, 1.165) is 38.1 Å². The van der Waals surface area contributed by atoms with Crippen molar-refractivity contribution in [3.8, 4) is 0 Å². The molecule has 2 rings (SSSR count). The molecule has 1 aliphatic heterocycles. The van der Waals surface area contributed by atoms with Crippen molar-refractivity contribution >= 4 is 22.4 Å². The Morgan fingerprint density at radius 3 is 2.52 bits per heavy atom. The smallest absolute Gasteiger partial charge is 0.243 e. The number of halogens is 3. The second-order valence-electron chi connectivity index (χ2n) is 5.44. The van der Waals surface area contributed by atoms with Crippen molar-refractivity contribution in [1.82, 2.24) is 10.0 Å². The lowest BCUT2D eigenvalue weighted by atomic mass is 9.81. The van der Waals surface area contributed by atoms with Crippen LogP contribution in [0.1, 0.15) is 19.8 Å². The molecule has 1 saturated heterocycles. The lowest BCUT2D eigenvalue weighted by Crippen LogP contribution is -2.43. The molecule has 1 aliphatic rings. The van der Waals surface area contributed by atoms with Gasteiger partial charge in [-0.1, -0.05) is 13.0 Å². The molecule has 0 aromatic heterocycles. The van der Waals surface area contributed by atoms with Gasteiger partial charge in [-0.15, -0.1) is 12.4 Å². The predicted molar refractivity (Wildman–Crippen MR) is 79.0 cm³/mol. The summed E-state index contributed by atoms with van der Waals surface area (Å²) in [7, 11) is -4.04. The van der Waals surface area contributed by atoms with Gasteiger partial charge in [0.25, 0.3) is 0 Å². The minimum Gasteiger partial charge on any atom is -0.317 e. The second-order valence-corrected chi connectivity index (χ2v) is 7.17. The molecule has 21 heavy (non-hydrogen) atoms. The van der Waals surface area contributed by atoms with Crippen molar-refractivity contribution in [2.45, 2.75) is 24.7 Å². The Balaban J connectivity index is 0.00000220. The molecule has 1 aromatic rings. The summed E-state index contributed by atoms with van der Waals surface area (Å²) in [5, 5.41) is 3.20. The molecule has 0 atom stereocenters. The van der Waals surface area contributed by atoms with Gasteiger partial charge >= 0.3 is 0 Å². The van der Waals surface area contributed by atoms with Gasteiger partial charge in [-0.05, 0) is 43.5 Å². The van der Waals surface area contributed by atoms with Crippen molar-refractivity contribution in [3.63, 3.8) is 0 Å². The molecular formula is C13H19ClF2N2O2S. The molecule has 0 amide bonds. The third kappa shape index (κ3) is 4.35. The number of hydrogen-bond acceptors (Lipinski definition) is 3. The first-order chi connectivity index (χ1) is 9.34. The second kappa shape index (κ2) is 7.00. The molecule has 0 spiro atoms. The Hall–Kier alpha value is -0.760. The highest BCUT2D eigenvalue weighted by Crippen LogP contribution is 2.27. The van der Waals surface area contributed by atoms with Crippen LogP contribution < -0.4 is 10.0 Å². The van der Waals surface area contributed by atoms with Crippen molar-refractivity contribution in [1.29, 1.82) is 0 Å². The first-order valence-electron chi connectivity index (χ1n) is 6.48. The molecule has 2 N–H and O–H groups in total. The minimum absolute atomic E-state index is 0. The van der Waals surface area contributed by atoms with Crippen LogP contribution in [-0.4, -0.2) is 28.1 Å². The largest absolute Gasteiger partial charge is 0.317 e. The highest BCUT2D eigenvalue weighted by atomic mass is 35.5. The van der Waals surface area contributed by atoms with Gasteiger partial charge in [0, 0.05) is 6.54 Å². The summed E-state index contributed by atoms with van der Waals surface area (Å²) in [5.74, 6) is -2.50. The molecule has 0 radical (unpaired) electrons. The van der Waals surface area contributed by atoms with Gasteiger partial charge in [-0.2, -0.15) is 0 Å². The number of nitrogens with one attached hydrogen (secondary N) is 2. The third-order valence-corrected chi connectivity index (χ3v) is 5.12. The molecule has 0 bridgehead atoms. The Labute approximate surface area is 129 Å². The van der Waals surface area contributed by atoms with E-state index in [1.807, 2.05) is 6.92 Å². The van der Waals surface area contributed by atoms with E-state index in [2.05, 4.69) is 10.0 Å². The summed E-state index contributed by atoms with van der Waals surface area (Å²) in [5.41, 5.74) is -0.165. The fourth-order valence-corrected chi connectivity index (χ4v) is 3.53.